The lowest BCUT2D eigenvalue weighted by Crippen LogP contribution is -2.55. The van der Waals surface area contributed by atoms with Gasteiger partial charge in [-0.3, -0.25) is 9.59 Å². The number of unbranched alkanes of at least 4 members (excludes halogenated alkanes) is 17. The molecule has 2 atom stereocenters. The number of nitrogens with zero attached hydrogens (tertiary/aromatic N) is 1. The Morgan fingerprint density at radius 2 is 1.04 bits per heavy atom. The van der Waals surface area contributed by atoms with E-state index >= 15 is 0 Å². The summed E-state index contributed by atoms with van der Waals surface area (Å²) in [4.78, 5) is 36.6. The highest BCUT2D eigenvalue weighted by molar-refractivity contribution is 5.70. The summed E-state index contributed by atoms with van der Waals surface area (Å²) < 4.78 is 17.0. The summed E-state index contributed by atoms with van der Waals surface area (Å²) in [6.07, 6.45) is 33.6. The molecule has 2 unspecified atom stereocenters. The Morgan fingerprint density at radius 1 is 0.592 bits per heavy atom. The quantitative estimate of drug-likeness (QED) is 0.0283. The van der Waals surface area contributed by atoms with Gasteiger partial charge in [0.05, 0.1) is 40.3 Å². The van der Waals surface area contributed by atoms with Gasteiger partial charge in [0.2, 0.25) is 0 Å². The zero-order valence-corrected chi connectivity index (χ0v) is 32.4. The van der Waals surface area contributed by atoms with E-state index in [0.717, 1.165) is 44.9 Å². The molecule has 0 aliphatic carbocycles. The minimum absolute atomic E-state index is 0.0289. The van der Waals surface area contributed by atoms with Crippen molar-refractivity contribution in [3.8, 4) is 0 Å². The number of carboxylic acids is 1. The molecule has 8 nitrogen and oxygen atoms in total. The number of likely N-dealkylation sites (N-methyl/N-ethyl adjacent to an activating group) is 1. The van der Waals surface area contributed by atoms with Gasteiger partial charge in [-0.05, 0) is 57.8 Å². The minimum atomic E-state index is -1.13. The van der Waals surface area contributed by atoms with Crippen LogP contribution < -0.4 is 5.11 Å². The molecule has 0 aliphatic heterocycles. The van der Waals surface area contributed by atoms with Crippen molar-refractivity contribution in [1.29, 1.82) is 0 Å². The number of carboxylic acid groups (broad SMARTS) is 1. The van der Waals surface area contributed by atoms with E-state index < -0.39 is 18.1 Å². The summed E-state index contributed by atoms with van der Waals surface area (Å²) in [5, 5.41) is 11.6. The van der Waals surface area contributed by atoms with Gasteiger partial charge in [0.15, 0.2) is 6.10 Å². The predicted octanol–water partition coefficient (Wildman–Crippen LogP) is 8.80. The molecule has 8 heteroatoms. The molecule has 0 spiro atoms. The number of aliphatic carboxylic acids is 1. The first kappa shape index (κ1) is 46.8. The first-order chi connectivity index (χ1) is 23.6. The number of allylic oxidation sites excluding steroid dienone is 4. The van der Waals surface area contributed by atoms with E-state index in [1.165, 1.54) is 83.5 Å². The van der Waals surface area contributed by atoms with Gasteiger partial charge < -0.3 is 28.6 Å². The monoisotopic (exact) mass is 694 g/mol. The van der Waals surface area contributed by atoms with Crippen molar-refractivity contribution in [2.75, 3.05) is 41.0 Å². The second-order valence-electron chi connectivity index (χ2n) is 14.5. The zero-order chi connectivity index (χ0) is 36.4. The van der Waals surface area contributed by atoms with Crippen LogP contribution in [-0.4, -0.2) is 75.5 Å². The molecule has 0 saturated heterocycles. The van der Waals surface area contributed by atoms with Crippen LogP contribution in [0.2, 0.25) is 0 Å². The topological polar surface area (TPSA) is 102 Å². The fourth-order valence-electron chi connectivity index (χ4n) is 5.66. The highest BCUT2D eigenvalue weighted by Gasteiger charge is 2.25. The van der Waals surface area contributed by atoms with E-state index in [1.807, 2.05) is 0 Å². The average molecular weight is 694 g/mol. The number of quaternary nitrogens is 1. The third-order valence-corrected chi connectivity index (χ3v) is 8.81. The van der Waals surface area contributed by atoms with Crippen LogP contribution in [0, 0.1) is 0 Å². The lowest BCUT2D eigenvalue weighted by Gasteiger charge is -2.34. The number of esters is 2. The number of carbonyl (C=O) groups is 3. The van der Waals surface area contributed by atoms with Crippen LogP contribution in [0.1, 0.15) is 168 Å². The first-order valence-corrected chi connectivity index (χ1v) is 19.9. The van der Waals surface area contributed by atoms with Crippen LogP contribution in [0.25, 0.3) is 0 Å². The molecular formula is C41H75NO7. The molecule has 0 rings (SSSR count). The molecule has 49 heavy (non-hydrogen) atoms. The van der Waals surface area contributed by atoms with Crippen molar-refractivity contribution in [3.05, 3.63) is 24.3 Å². The Labute approximate surface area is 301 Å². The third kappa shape index (κ3) is 31.5. The highest BCUT2D eigenvalue weighted by Crippen LogP contribution is 2.12. The maximum absolute atomic E-state index is 12.6. The van der Waals surface area contributed by atoms with Crippen molar-refractivity contribution >= 4 is 17.9 Å². The molecule has 286 valence electrons. The number of rotatable bonds is 35. The molecule has 0 aromatic rings. The Bertz CT molecular complexity index is 864. The summed E-state index contributed by atoms with van der Waals surface area (Å²) in [5.74, 6) is -1.79. The van der Waals surface area contributed by atoms with Gasteiger partial charge in [0.1, 0.15) is 12.6 Å². The summed E-state index contributed by atoms with van der Waals surface area (Å²) in [6.45, 7) is 4.57. The zero-order valence-electron chi connectivity index (χ0n) is 32.4. The lowest BCUT2D eigenvalue weighted by molar-refractivity contribution is -0.889. The van der Waals surface area contributed by atoms with Gasteiger partial charge in [0.25, 0.3) is 0 Å². The Kier molecular flexibility index (Phi) is 31.5. The van der Waals surface area contributed by atoms with E-state index in [0.29, 0.717) is 12.8 Å². The molecule has 0 aromatic heterocycles. The summed E-state index contributed by atoms with van der Waals surface area (Å²) in [6, 6.07) is -0.727. The fourth-order valence-corrected chi connectivity index (χ4v) is 5.66. The smallest absolute Gasteiger partial charge is 0.306 e. The molecule has 0 saturated carbocycles. The fraction of sp³-hybridized carbons (Fsp3) is 0.829. The lowest BCUT2D eigenvalue weighted by atomic mass is 10.1. The standard InChI is InChI=1S/C41H75NO7/c1-6-8-10-12-14-16-17-18-19-20-21-22-24-25-27-29-31-39(43)48-36-37(35-47-34-33-38(41(45)46)42(3,4)5)49-40(44)32-30-28-26-23-15-13-11-9-7-2/h19-20,23,26,37-38H,6-18,21-22,24-25,27-36H2,1-5H3/b20-19+,26-23+. The minimum Gasteiger partial charge on any atom is -0.544 e. The normalized spacial score (nSPS) is 13.2. The Morgan fingerprint density at radius 3 is 1.55 bits per heavy atom. The van der Waals surface area contributed by atoms with E-state index in [1.54, 1.807) is 21.1 Å². The SMILES string of the molecule is CCCCCC/C=C/CCCC(=O)OC(COCCC(C(=O)[O-])[N+](C)(C)C)COC(=O)CCCCCCC/C=C/CCCCCCCCC. The van der Waals surface area contributed by atoms with Crippen LogP contribution in [0.4, 0.5) is 0 Å². The maximum atomic E-state index is 12.6. The van der Waals surface area contributed by atoms with Crippen LogP contribution in [0.3, 0.4) is 0 Å². The van der Waals surface area contributed by atoms with Crippen LogP contribution in [-0.2, 0) is 28.6 Å². The van der Waals surface area contributed by atoms with Gasteiger partial charge in [-0.2, -0.15) is 0 Å². The molecule has 0 amide bonds. The highest BCUT2D eigenvalue weighted by atomic mass is 16.6. The first-order valence-electron chi connectivity index (χ1n) is 19.9. The van der Waals surface area contributed by atoms with Gasteiger partial charge in [-0.25, -0.2) is 0 Å². The van der Waals surface area contributed by atoms with Crippen LogP contribution in [0.5, 0.6) is 0 Å². The second kappa shape index (κ2) is 33.0. The largest absolute Gasteiger partial charge is 0.544 e. The Balaban J connectivity index is 4.37. The molecule has 0 heterocycles. The maximum Gasteiger partial charge on any atom is 0.306 e. The molecule has 0 bridgehead atoms. The summed E-state index contributed by atoms with van der Waals surface area (Å²) in [7, 11) is 5.38. The van der Waals surface area contributed by atoms with Gasteiger partial charge in [-0.15, -0.1) is 0 Å². The molecule has 0 N–H and O–H groups in total. The van der Waals surface area contributed by atoms with E-state index in [9.17, 15) is 19.5 Å². The average Bonchev–Trinajstić information content (AvgIpc) is 3.05. The van der Waals surface area contributed by atoms with Crippen molar-refractivity contribution in [1.82, 2.24) is 0 Å². The van der Waals surface area contributed by atoms with Crippen LogP contribution >= 0.6 is 0 Å². The summed E-state index contributed by atoms with van der Waals surface area (Å²) in [5.41, 5.74) is 0. The molecule has 0 aliphatic rings. The summed E-state index contributed by atoms with van der Waals surface area (Å²) >= 11 is 0. The van der Waals surface area contributed by atoms with Gasteiger partial charge in [0, 0.05) is 19.3 Å². The molecule has 0 aromatic carbocycles. The molecule has 0 radical (unpaired) electrons. The van der Waals surface area contributed by atoms with Crippen molar-refractivity contribution in [3.63, 3.8) is 0 Å². The van der Waals surface area contributed by atoms with Crippen molar-refractivity contribution in [2.24, 2.45) is 0 Å². The third-order valence-electron chi connectivity index (χ3n) is 8.81. The number of hydrogen-bond acceptors (Lipinski definition) is 7. The van der Waals surface area contributed by atoms with Crippen molar-refractivity contribution < 1.29 is 38.2 Å². The molecule has 0 fully saturated rings. The number of carbonyl (C=O) groups excluding carboxylic acids is 3. The molecular weight excluding hydrogens is 618 g/mol. The van der Waals surface area contributed by atoms with Gasteiger partial charge in [-0.1, -0.05) is 115 Å². The van der Waals surface area contributed by atoms with E-state index in [2.05, 4.69) is 38.2 Å². The Hall–Kier alpha value is -2.19. The van der Waals surface area contributed by atoms with E-state index in [-0.39, 0.29) is 49.1 Å². The predicted molar refractivity (Wildman–Crippen MR) is 199 cm³/mol. The number of ether oxygens (including phenoxy) is 3. The second-order valence-corrected chi connectivity index (χ2v) is 14.5. The van der Waals surface area contributed by atoms with Crippen LogP contribution in [0.15, 0.2) is 24.3 Å². The van der Waals surface area contributed by atoms with E-state index in [4.69, 9.17) is 14.2 Å². The van der Waals surface area contributed by atoms with Crippen molar-refractivity contribution in [2.45, 2.75) is 180 Å². The number of hydrogen-bond donors (Lipinski definition) is 0. The van der Waals surface area contributed by atoms with Gasteiger partial charge >= 0.3 is 11.9 Å².